The number of nitrogen functional groups attached to an aromatic ring is 1. The number of pyridine rings is 1. The molecule has 1 aromatic heterocycles. The molecule has 0 saturated heterocycles. The number of carbonyl (C=O) groups excluding carboxylic acids is 1. The summed E-state index contributed by atoms with van der Waals surface area (Å²) in [6, 6.07) is 3.54. The Balaban J connectivity index is 2.75. The van der Waals surface area contributed by atoms with E-state index in [0.717, 1.165) is 5.56 Å². The molecule has 0 bridgehead atoms. The largest absolute Gasteiger partial charge is 0.465 e. The smallest absolute Gasteiger partial charge is 0.341 e. The topological polar surface area (TPSA) is 65.2 Å². The van der Waals surface area contributed by atoms with Gasteiger partial charge in [0.1, 0.15) is 5.56 Å². The van der Waals surface area contributed by atoms with Gasteiger partial charge in [-0.3, -0.25) is 4.98 Å². The van der Waals surface area contributed by atoms with Crippen molar-refractivity contribution in [1.82, 2.24) is 4.98 Å². The van der Waals surface area contributed by atoms with Crippen LogP contribution >= 0.6 is 11.6 Å². The second kappa shape index (κ2) is 4.22. The predicted octanol–water partition coefficient (Wildman–Crippen LogP) is 2.57. The number of nitrogens with zero attached hydrogens (tertiary/aromatic N) is 1. The lowest BCUT2D eigenvalue weighted by Gasteiger charge is -2.08. The van der Waals surface area contributed by atoms with E-state index in [1.54, 1.807) is 6.07 Å². The van der Waals surface area contributed by atoms with Crippen molar-refractivity contribution in [2.24, 2.45) is 0 Å². The number of aryl methyl sites for hydroxylation is 1. The Morgan fingerprint density at radius 1 is 1.47 bits per heavy atom. The summed E-state index contributed by atoms with van der Waals surface area (Å²) in [6.45, 7) is 1.87. The SMILES string of the molecule is COC(=O)c1cnc2cc(Cl)c(C)cc2c1N. The van der Waals surface area contributed by atoms with E-state index in [4.69, 9.17) is 17.3 Å². The van der Waals surface area contributed by atoms with E-state index in [1.165, 1.54) is 13.3 Å². The summed E-state index contributed by atoms with van der Waals surface area (Å²) in [7, 11) is 1.30. The van der Waals surface area contributed by atoms with Crippen LogP contribution in [0.5, 0.6) is 0 Å². The van der Waals surface area contributed by atoms with Crippen LogP contribution in [0.1, 0.15) is 15.9 Å². The van der Waals surface area contributed by atoms with Gasteiger partial charge >= 0.3 is 5.97 Å². The normalized spacial score (nSPS) is 10.5. The summed E-state index contributed by atoms with van der Waals surface area (Å²) in [5, 5.41) is 1.32. The Bertz CT molecular complexity index is 611. The molecular weight excluding hydrogens is 240 g/mol. The summed E-state index contributed by atoms with van der Waals surface area (Å²) in [6.07, 6.45) is 1.40. The van der Waals surface area contributed by atoms with Crippen LogP contribution < -0.4 is 5.73 Å². The molecule has 1 heterocycles. The van der Waals surface area contributed by atoms with Crippen molar-refractivity contribution >= 4 is 34.2 Å². The zero-order chi connectivity index (χ0) is 12.6. The van der Waals surface area contributed by atoms with Crippen LogP contribution in [0.4, 0.5) is 5.69 Å². The Hall–Kier alpha value is -1.81. The molecule has 0 unspecified atom stereocenters. The van der Waals surface area contributed by atoms with Crippen molar-refractivity contribution < 1.29 is 9.53 Å². The highest BCUT2D eigenvalue weighted by molar-refractivity contribution is 6.32. The fraction of sp³-hybridized carbons (Fsp3) is 0.167. The van der Waals surface area contributed by atoms with E-state index < -0.39 is 5.97 Å². The molecule has 0 atom stereocenters. The first kappa shape index (κ1) is 11.7. The van der Waals surface area contributed by atoms with Gasteiger partial charge in [-0.1, -0.05) is 11.6 Å². The summed E-state index contributed by atoms with van der Waals surface area (Å²) < 4.78 is 4.63. The molecule has 0 aliphatic rings. The van der Waals surface area contributed by atoms with E-state index in [2.05, 4.69) is 9.72 Å². The molecule has 5 heteroatoms. The number of benzene rings is 1. The molecule has 0 saturated carbocycles. The number of fused-ring (bicyclic) bond motifs is 1. The highest BCUT2D eigenvalue weighted by atomic mass is 35.5. The number of rotatable bonds is 1. The first-order valence-corrected chi connectivity index (χ1v) is 5.35. The number of esters is 1. The molecular formula is C12H11ClN2O2. The van der Waals surface area contributed by atoms with Crippen LogP contribution in [-0.4, -0.2) is 18.1 Å². The van der Waals surface area contributed by atoms with Crippen LogP contribution in [0.25, 0.3) is 10.9 Å². The van der Waals surface area contributed by atoms with E-state index in [1.807, 2.05) is 13.0 Å². The highest BCUT2D eigenvalue weighted by Gasteiger charge is 2.14. The molecule has 2 rings (SSSR count). The van der Waals surface area contributed by atoms with E-state index in [0.29, 0.717) is 21.6 Å². The van der Waals surface area contributed by atoms with Crippen molar-refractivity contribution in [1.29, 1.82) is 0 Å². The monoisotopic (exact) mass is 250 g/mol. The molecule has 0 radical (unpaired) electrons. The van der Waals surface area contributed by atoms with Crippen molar-refractivity contribution in [3.05, 3.63) is 34.5 Å². The van der Waals surface area contributed by atoms with Crippen molar-refractivity contribution in [2.45, 2.75) is 6.92 Å². The first-order valence-electron chi connectivity index (χ1n) is 4.97. The van der Waals surface area contributed by atoms with E-state index in [9.17, 15) is 4.79 Å². The number of hydrogen-bond acceptors (Lipinski definition) is 4. The zero-order valence-corrected chi connectivity index (χ0v) is 10.2. The van der Waals surface area contributed by atoms with Crippen LogP contribution in [0.2, 0.25) is 5.02 Å². The molecule has 17 heavy (non-hydrogen) atoms. The minimum absolute atomic E-state index is 0.265. The van der Waals surface area contributed by atoms with Crippen molar-refractivity contribution in [3.63, 3.8) is 0 Å². The minimum Gasteiger partial charge on any atom is -0.465 e. The number of ether oxygens (including phenoxy) is 1. The fourth-order valence-corrected chi connectivity index (χ4v) is 1.77. The third-order valence-electron chi connectivity index (χ3n) is 2.60. The number of hydrogen-bond donors (Lipinski definition) is 1. The zero-order valence-electron chi connectivity index (χ0n) is 9.45. The molecule has 88 valence electrons. The maximum atomic E-state index is 11.5. The van der Waals surface area contributed by atoms with Gasteiger partial charge in [-0.05, 0) is 24.6 Å². The summed E-state index contributed by atoms with van der Waals surface area (Å²) in [4.78, 5) is 15.6. The van der Waals surface area contributed by atoms with Crippen molar-refractivity contribution in [3.8, 4) is 0 Å². The lowest BCUT2D eigenvalue weighted by Crippen LogP contribution is -2.07. The number of anilines is 1. The van der Waals surface area contributed by atoms with E-state index in [-0.39, 0.29) is 5.56 Å². The quantitative estimate of drug-likeness (QED) is 0.790. The van der Waals surface area contributed by atoms with Gasteiger partial charge < -0.3 is 10.5 Å². The summed E-state index contributed by atoms with van der Waals surface area (Å²) in [5.74, 6) is -0.496. The lowest BCUT2D eigenvalue weighted by atomic mass is 10.1. The second-order valence-electron chi connectivity index (χ2n) is 3.70. The summed E-state index contributed by atoms with van der Waals surface area (Å²) >= 11 is 6.00. The molecule has 0 spiro atoms. The number of halogens is 1. The molecule has 0 fully saturated rings. The Morgan fingerprint density at radius 2 is 2.18 bits per heavy atom. The van der Waals surface area contributed by atoms with Gasteiger partial charge in [-0.2, -0.15) is 0 Å². The maximum Gasteiger partial charge on any atom is 0.341 e. The number of carbonyl (C=O) groups is 1. The molecule has 0 aliphatic carbocycles. The van der Waals surface area contributed by atoms with Gasteiger partial charge in [-0.25, -0.2) is 4.79 Å². The average molecular weight is 251 g/mol. The van der Waals surface area contributed by atoms with E-state index >= 15 is 0 Å². The molecule has 0 aliphatic heterocycles. The first-order chi connectivity index (χ1) is 8.04. The van der Waals surface area contributed by atoms with Gasteiger partial charge in [0.2, 0.25) is 0 Å². The molecule has 0 amide bonds. The minimum atomic E-state index is -0.496. The Kier molecular flexibility index (Phi) is 2.90. The van der Waals surface area contributed by atoms with Gasteiger partial charge in [-0.15, -0.1) is 0 Å². The van der Waals surface area contributed by atoms with Crippen molar-refractivity contribution in [2.75, 3.05) is 12.8 Å². The predicted molar refractivity (Wildman–Crippen MR) is 67.2 cm³/mol. The Labute approximate surface area is 103 Å². The molecule has 4 nitrogen and oxygen atoms in total. The lowest BCUT2D eigenvalue weighted by molar-refractivity contribution is 0.0601. The van der Waals surface area contributed by atoms with Crippen LogP contribution in [0, 0.1) is 6.92 Å². The van der Waals surface area contributed by atoms with Crippen LogP contribution in [0.15, 0.2) is 18.3 Å². The average Bonchev–Trinajstić information content (AvgIpc) is 2.31. The second-order valence-corrected chi connectivity index (χ2v) is 4.10. The van der Waals surface area contributed by atoms with Gasteiger partial charge in [0.25, 0.3) is 0 Å². The maximum absolute atomic E-state index is 11.5. The molecule has 2 aromatic rings. The number of nitrogens with two attached hydrogens (primary N) is 1. The summed E-state index contributed by atoms with van der Waals surface area (Å²) in [5.41, 5.74) is 8.10. The van der Waals surface area contributed by atoms with Gasteiger partial charge in [0, 0.05) is 16.6 Å². The van der Waals surface area contributed by atoms with Gasteiger partial charge in [0.05, 0.1) is 18.3 Å². The van der Waals surface area contributed by atoms with Crippen LogP contribution in [-0.2, 0) is 4.74 Å². The van der Waals surface area contributed by atoms with Crippen LogP contribution in [0.3, 0.4) is 0 Å². The number of aromatic nitrogens is 1. The Morgan fingerprint density at radius 3 is 2.82 bits per heavy atom. The standard InChI is InChI=1S/C12H11ClN2O2/c1-6-3-7-10(4-9(6)13)15-5-8(11(7)14)12(16)17-2/h3-5H,1-2H3,(H2,14,15). The number of methoxy groups -OCH3 is 1. The molecule has 1 aromatic carbocycles. The van der Waals surface area contributed by atoms with Gasteiger partial charge in [0.15, 0.2) is 0 Å². The fourth-order valence-electron chi connectivity index (χ4n) is 1.61. The third kappa shape index (κ3) is 1.91. The highest BCUT2D eigenvalue weighted by Crippen LogP contribution is 2.28. The third-order valence-corrected chi connectivity index (χ3v) is 3.00. The molecule has 2 N–H and O–H groups in total.